The molecule has 0 bridgehead atoms. The number of aryl methyl sites for hydroxylation is 1. The monoisotopic (exact) mass is 990 g/mol. The van der Waals surface area contributed by atoms with Gasteiger partial charge < -0.3 is 40.1 Å². The minimum Gasteiger partial charge on any atom is -0.508 e. The van der Waals surface area contributed by atoms with E-state index in [0.29, 0.717) is 51.9 Å². The summed E-state index contributed by atoms with van der Waals surface area (Å²) in [6, 6.07) is 23.2. The number of rotatable bonds is 17. The number of β-amino-alcohol motifs (C(OH)–C–C–N with tert-alkyl or cyclic N) is 1. The van der Waals surface area contributed by atoms with Crippen molar-refractivity contribution in [3.05, 3.63) is 124 Å². The Hall–Kier alpha value is -6.24. The highest BCUT2D eigenvalue weighted by molar-refractivity contribution is 7.21. The highest BCUT2D eigenvalue weighted by atomic mass is 32.1. The summed E-state index contributed by atoms with van der Waals surface area (Å²) in [6.45, 7) is 14.3. The lowest BCUT2D eigenvalue weighted by molar-refractivity contribution is -0.144. The number of aromatic nitrogens is 1. The number of piperazine rings is 1. The normalized spacial score (nSPS) is 17.6. The van der Waals surface area contributed by atoms with Crippen molar-refractivity contribution in [1.29, 1.82) is 0 Å². The van der Waals surface area contributed by atoms with Crippen LogP contribution in [0.3, 0.4) is 0 Å². The Morgan fingerprint density at radius 3 is 2.27 bits per heavy atom. The highest BCUT2D eigenvalue weighted by Crippen LogP contribution is 2.43. The Balaban J connectivity index is 0.777. The van der Waals surface area contributed by atoms with Crippen molar-refractivity contribution in [1.82, 2.24) is 30.3 Å². The summed E-state index contributed by atoms with van der Waals surface area (Å²) in [5.41, 5.74) is 4.27. The summed E-state index contributed by atoms with van der Waals surface area (Å²) in [7, 11) is 0. The number of ether oxygens (including phenoxy) is 2. The number of amides is 3. The van der Waals surface area contributed by atoms with Crippen molar-refractivity contribution in [2.75, 3.05) is 52.4 Å². The molecule has 4 heterocycles. The van der Waals surface area contributed by atoms with E-state index < -0.39 is 35.3 Å². The largest absolute Gasteiger partial charge is 0.508 e. The molecule has 0 aliphatic carbocycles. The summed E-state index contributed by atoms with van der Waals surface area (Å²) in [5.74, 6) is -0.394. The molecule has 2 fully saturated rings. The third-order valence-electron chi connectivity index (χ3n) is 12.8. The van der Waals surface area contributed by atoms with Gasteiger partial charge in [0.1, 0.15) is 46.6 Å². The maximum absolute atomic E-state index is 14.2. The van der Waals surface area contributed by atoms with Gasteiger partial charge in [0.05, 0.1) is 28.2 Å². The molecule has 2 saturated heterocycles. The van der Waals surface area contributed by atoms with Crippen LogP contribution in [0.1, 0.15) is 73.1 Å². The molecule has 17 heteroatoms. The molecule has 0 radical (unpaired) electrons. The Labute approximate surface area is 415 Å². The first-order chi connectivity index (χ1) is 33.5. The fraction of sp³-hybridized carbons (Fsp3) is 0.377. The third kappa shape index (κ3) is 12.0. The number of hydrogen-bond donors (Lipinski definition) is 4. The maximum Gasteiger partial charge on any atom is 0.246 e. The fourth-order valence-electron chi connectivity index (χ4n) is 8.83. The average Bonchev–Trinajstić information content (AvgIpc) is 4.06. The second kappa shape index (κ2) is 21.8. The SMILES string of the molecule is Cc1ncsc1-c1ccc([C@H](C)NC(=O)[C@@H]2C[C@@H](O)CN2C(=O)[C@@H](NC(=O)CCN2CCN(CCOc3ccc(Oc4c(C(=O)c5cccc(F)c5)sc5cc(O)ccc45)cc3)CC2)C(C)(C)C)cc1. The molecule has 0 saturated carbocycles. The molecule has 2 aliphatic rings. The van der Waals surface area contributed by atoms with E-state index in [2.05, 4.69) is 25.4 Å². The summed E-state index contributed by atoms with van der Waals surface area (Å²) >= 11 is 2.75. The van der Waals surface area contributed by atoms with Crippen LogP contribution in [0.15, 0.2) is 96.5 Å². The number of aromatic hydroxyl groups is 1. The number of aliphatic hydroxyl groups excluding tert-OH is 1. The molecule has 6 aromatic rings. The Bertz CT molecular complexity index is 2820. The van der Waals surface area contributed by atoms with Gasteiger partial charge in [0, 0.05) is 74.3 Å². The third-order valence-corrected chi connectivity index (χ3v) is 14.9. The van der Waals surface area contributed by atoms with Gasteiger partial charge in [-0.25, -0.2) is 9.37 Å². The summed E-state index contributed by atoms with van der Waals surface area (Å²) in [5, 5.41) is 27.5. The first kappa shape index (κ1) is 50.2. The standard InChI is InChI=1S/C53H59FN6O8S2/c1-32(34-9-11-35(12-10-34)48-33(2)55-31-69-48)56-51(65)43-28-39(62)30-60(43)52(66)50(53(3,4)5)57-45(63)19-20-58-21-23-59(24-22-58)25-26-67-40-14-16-41(17-15-40)68-47-42-18-13-38(61)29-44(42)70-49(47)46(64)36-7-6-8-37(54)27-36/h6-18,27,29,31-32,39,43,50,61-62H,19-26,28,30H2,1-5H3,(H,56,65)(H,57,63)/t32-,39+,43-,50+/m0/s1. The lowest BCUT2D eigenvalue weighted by Gasteiger charge is -2.36. The van der Waals surface area contributed by atoms with E-state index in [1.165, 1.54) is 40.5 Å². The van der Waals surface area contributed by atoms with Crippen molar-refractivity contribution in [3.63, 3.8) is 0 Å². The number of hydrogen-bond acceptors (Lipinski definition) is 13. The molecule has 4 aromatic carbocycles. The number of phenolic OH excluding ortho intramolecular Hbond substituents is 1. The lowest BCUT2D eigenvalue weighted by atomic mass is 9.85. The first-order valence-corrected chi connectivity index (χ1v) is 25.2. The van der Waals surface area contributed by atoms with Gasteiger partial charge >= 0.3 is 0 Å². The van der Waals surface area contributed by atoms with Crippen LogP contribution in [0.25, 0.3) is 20.5 Å². The Morgan fingerprint density at radius 2 is 1.60 bits per heavy atom. The number of likely N-dealkylation sites (tertiary alicyclic amines) is 1. The quantitative estimate of drug-likeness (QED) is 0.0654. The van der Waals surface area contributed by atoms with Crippen LogP contribution in [-0.4, -0.2) is 124 Å². The fourth-order valence-corrected chi connectivity index (χ4v) is 10.8. The van der Waals surface area contributed by atoms with Crippen molar-refractivity contribution in [2.45, 2.75) is 71.7 Å². The number of nitrogens with one attached hydrogen (secondary N) is 2. The van der Waals surface area contributed by atoms with E-state index in [4.69, 9.17) is 9.47 Å². The summed E-state index contributed by atoms with van der Waals surface area (Å²) in [6.07, 6.45) is -0.561. The number of fused-ring (bicyclic) bond motifs is 1. The molecular weight excluding hydrogens is 932 g/mol. The number of carbonyl (C=O) groups excluding carboxylic acids is 4. The minimum atomic E-state index is -0.907. The van der Waals surface area contributed by atoms with Crippen molar-refractivity contribution < 1.29 is 43.3 Å². The zero-order valence-corrected chi connectivity index (χ0v) is 41.6. The lowest BCUT2D eigenvalue weighted by Crippen LogP contribution is -2.58. The molecule has 0 spiro atoms. The molecule has 3 amide bonds. The molecule has 4 N–H and O–H groups in total. The average molecular weight is 991 g/mol. The van der Waals surface area contributed by atoms with E-state index in [1.807, 2.05) is 64.4 Å². The van der Waals surface area contributed by atoms with Crippen LogP contribution in [0.2, 0.25) is 0 Å². The van der Waals surface area contributed by atoms with Crippen LogP contribution in [0.5, 0.6) is 23.0 Å². The number of ketones is 1. The molecule has 4 atom stereocenters. The molecule has 368 valence electrons. The number of carbonyl (C=O) groups is 4. The first-order valence-electron chi connectivity index (χ1n) is 23.5. The van der Waals surface area contributed by atoms with Gasteiger partial charge in [0.2, 0.25) is 23.5 Å². The van der Waals surface area contributed by atoms with Gasteiger partial charge in [-0.2, -0.15) is 0 Å². The van der Waals surface area contributed by atoms with Crippen molar-refractivity contribution in [3.8, 4) is 33.4 Å². The zero-order valence-electron chi connectivity index (χ0n) is 39.9. The minimum absolute atomic E-state index is 0.000968. The van der Waals surface area contributed by atoms with Gasteiger partial charge in [-0.3, -0.25) is 24.1 Å². The molecule has 0 unspecified atom stereocenters. The van der Waals surface area contributed by atoms with Crippen LogP contribution in [0, 0.1) is 18.2 Å². The Kier molecular flexibility index (Phi) is 15.6. The van der Waals surface area contributed by atoms with Gasteiger partial charge in [0.15, 0.2) is 5.75 Å². The van der Waals surface area contributed by atoms with Gasteiger partial charge in [0.25, 0.3) is 0 Å². The van der Waals surface area contributed by atoms with E-state index in [-0.39, 0.29) is 54.3 Å². The topological polar surface area (TPSA) is 174 Å². The molecule has 14 nitrogen and oxygen atoms in total. The number of thiophene rings is 1. The zero-order chi connectivity index (χ0) is 49.7. The smallest absolute Gasteiger partial charge is 0.246 e. The maximum atomic E-state index is 14.2. The number of halogens is 1. The Morgan fingerprint density at radius 1 is 0.900 bits per heavy atom. The van der Waals surface area contributed by atoms with Gasteiger partial charge in [-0.15, -0.1) is 22.7 Å². The van der Waals surface area contributed by atoms with E-state index >= 15 is 0 Å². The van der Waals surface area contributed by atoms with Crippen LogP contribution < -0.4 is 20.1 Å². The molecule has 70 heavy (non-hydrogen) atoms. The second-order valence-corrected chi connectivity index (χ2v) is 20.9. The van der Waals surface area contributed by atoms with E-state index in [1.54, 1.807) is 53.8 Å². The van der Waals surface area contributed by atoms with Crippen molar-refractivity contribution in [2.24, 2.45) is 5.41 Å². The van der Waals surface area contributed by atoms with E-state index in [0.717, 1.165) is 47.9 Å². The van der Waals surface area contributed by atoms with Gasteiger partial charge in [-0.05, 0) is 85.0 Å². The highest BCUT2D eigenvalue weighted by Gasteiger charge is 2.45. The van der Waals surface area contributed by atoms with Crippen molar-refractivity contribution >= 4 is 56.3 Å². The number of phenols is 1. The molecule has 8 rings (SSSR count). The predicted octanol–water partition coefficient (Wildman–Crippen LogP) is 7.96. The van der Waals surface area contributed by atoms with Crippen LogP contribution in [-0.2, 0) is 14.4 Å². The predicted molar refractivity (Wildman–Crippen MR) is 269 cm³/mol. The number of nitrogens with zero attached hydrogens (tertiary/aromatic N) is 4. The second-order valence-electron chi connectivity index (χ2n) is 19.0. The van der Waals surface area contributed by atoms with E-state index in [9.17, 15) is 33.8 Å². The van der Waals surface area contributed by atoms with Crippen LogP contribution >= 0.6 is 22.7 Å². The van der Waals surface area contributed by atoms with Crippen LogP contribution in [0.4, 0.5) is 4.39 Å². The number of benzene rings is 4. The molecular formula is C53H59FN6O8S2. The van der Waals surface area contributed by atoms with Gasteiger partial charge in [-0.1, -0.05) is 57.2 Å². The summed E-state index contributed by atoms with van der Waals surface area (Å²) in [4.78, 5) is 66.6. The number of aliphatic hydroxyl groups is 1. The molecule has 2 aromatic heterocycles. The number of thiazole rings is 1. The summed E-state index contributed by atoms with van der Waals surface area (Å²) < 4.78 is 27.0. The molecule has 2 aliphatic heterocycles.